The zero-order valence-corrected chi connectivity index (χ0v) is 21.2. The number of fused-ring (bicyclic) bond motifs is 1. The molecule has 8 heteroatoms. The molecule has 2 N–H and O–H groups in total. The van der Waals surface area contributed by atoms with E-state index in [1.807, 2.05) is 42.5 Å². The maximum absolute atomic E-state index is 13.0. The molecular formula is C29H32N6O2. The topological polar surface area (TPSA) is 91.5 Å². The molecule has 4 aliphatic heterocycles. The summed E-state index contributed by atoms with van der Waals surface area (Å²) in [5.41, 5.74) is 3.59. The fourth-order valence-corrected chi connectivity index (χ4v) is 6.16. The van der Waals surface area contributed by atoms with E-state index < -0.39 is 5.54 Å². The van der Waals surface area contributed by atoms with Gasteiger partial charge in [-0.2, -0.15) is 5.26 Å². The highest BCUT2D eigenvalue weighted by Crippen LogP contribution is 2.50. The second kappa shape index (κ2) is 9.24. The smallest absolute Gasteiger partial charge is 0.271 e. The van der Waals surface area contributed by atoms with Crippen molar-refractivity contribution in [3.05, 3.63) is 70.9 Å². The molecule has 2 aromatic rings. The second-order valence-corrected chi connectivity index (χ2v) is 10.5. The van der Waals surface area contributed by atoms with Crippen LogP contribution in [0.5, 0.6) is 0 Å². The Morgan fingerprint density at radius 2 is 1.89 bits per heavy atom. The summed E-state index contributed by atoms with van der Waals surface area (Å²) in [6.45, 7) is 5.12. The van der Waals surface area contributed by atoms with E-state index in [9.17, 15) is 14.9 Å². The van der Waals surface area contributed by atoms with E-state index in [2.05, 4.69) is 26.5 Å². The van der Waals surface area contributed by atoms with Crippen LogP contribution in [-0.2, 0) is 10.3 Å². The molecule has 4 heterocycles. The van der Waals surface area contributed by atoms with Crippen molar-refractivity contribution in [1.82, 2.24) is 15.1 Å². The lowest BCUT2D eigenvalue weighted by atomic mass is 9.96. The van der Waals surface area contributed by atoms with Crippen LogP contribution in [0.2, 0.25) is 0 Å². The van der Waals surface area contributed by atoms with E-state index in [1.54, 1.807) is 18.0 Å². The number of hydrogen-bond donors (Lipinski definition) is 2. The van der Waals surface area contributed by atoms with Gasteiger partial charge in [-0.3, -0.25) is 9.59 Å². The summed E-state index contributed by atoms with van der Waals surface area (Å²) < 4.78 is 0. The molecule has 2 atom stereocenters. The van der Waals surface area contributed by atoms with Crippen molar-refractivity contribution in [2.45, 2.75) is 37.3 Å². The summed E-state index contributed by atoms with van der Waals surface area (Å²) in [4.78, 5) is 32.8. The Balaban J connectivity index is 1.15. The maximum Gasteiger partial charge on any atom is 0.271 e. The van der Waals surface area contributed by atoms with E-state index in [1.165, 1.54) is 38.8 Å². The molecule has 6 rings (SSSR count). The summed E-state index contributed by atoms with van der Waals surface area (Å²) in [6.07, 6.45) is 6.84. The SMILES string of the molecule is CNc1cc(C#N)cc(C23C=C(NC(=O)c4ccc(N5CCC[C@H]5CN5CCCC5)cc4)C(=O)N2C3)c1. The third-order valence-corrected chi connectivity index (χ3v) is 8.24. The van der Waals surface area contributed by atoms with Crippen molar-refractivity contribution < 1.29 is 9.59 Å². The van der Waals surface area contributed by atoms with Crippen molar-refractivity contribution in [3.8, 4) is 6.07 Å². The molecule has 0 bridgehead atoms. The molecule has 3 saturated heterocycles. The highest BCUT2D eigenvalue weighted by atomic mass is 16.2. The lowest BCUT2D eigenvalue weighted by Gasteiger charge is -2.30. The van der Waals surface area contributed by atoms with Gasteiger partial charge in [0.15, 0.2) is 0 Å². The van der Waals surface area contributed by atoms with Crippen LogP contribution in [0.15, 0.2) is 54.2 Å². The minimum absolute atomic E-state index is 0.194. The van der Waals surface area contributed by atoms with E-state index >= 15 is 0 Å². The summed E-state index contributed by atoms with van der Waals surface area (Å²) in [6, 6.07) is 16.0. The molecular weight excluding hydrogens is 464 g/mol. The monoisotopic (exact) mass is 496 g/mol. The minimum atomic E-state index is -0.595. The van der Waals surface area contributed by atoms with Crippen molar-refractivity contribution in [3.63, 3.8) is 0 Å². The van der Waals surface area contributed by atoms with Crippen LogP contribution in [0.3, 0.4) is 0 Å². The molecule has 0 saturated carbocycles. The number of carbonyl (C=O) groups is 2. The third kappa shape index (κ3) is 4.23. The summed E-state index contributed by atoms with van der Waals surface area (Å²) in [5, 5.41) is 15.3. The Bertz CT molecular complexity index is 1310. The minimum Gasteiger partial charge on any atom is -0.388 e. The van der Waals surface area contributed by atoms with Gasteiger partial charge in [-0.25, -0.2) is 0 Å². The number of likely N-dealkylation sites (tertiary alicyclic amines) is 1. The van der Waals surface area contributed by atoms with Gasteiger partial charge in [0.25, 0.3) is 11.8 Å². The molecule has 190 valence electrons. The van der Waals surface area contributed by atoms with Crippen LogP contribution in [-0.4, -0.2) is 67.4 Å². The second-order valence-electron chi connectivity index (χ2n) is 10.5. The number of amides is 2. The van der Waals surface area contributed by atoms with Crippen LogP contribution in [0.25, 0.3) is 0 Å². The van der Waals surface area contributed by atoms with Gasteiger partial charge in [-0.15, -0.1) is 0 Å². The molecule has 1 unspecified atom stereocenters. The first-order chi connectivity index (χ1) is 18.0. The van der Waals surface area contributed by atoms with Gasteiger partial charge in [0, 0.05) is 43.1 Å². The van der Waals surface area contributed by atoms with Crippen LogP contribution < -0.4 is 15.5 Å². The quantitative estimate of drug-likeness (QED) is 0.573. The molecule has 3 fully saturated rings. The average Bonchev–Trinajstić information content (AvgIpc) is 3.25. The Kier molecular flexibility index (Phi) is 5.88. The number of rotatable bonds is 7. The van der Waals surface area contributed by atoms with Gasteiger partial charge < -0.3 is 25.3 Å². The highest BCUT2D eigenvalue weighted by Gasteiger charge is 2.60. The standard InChI is InChI=1S/C29H32N6O2/c1-31-23-14-20(17-30)13-22(15-23)29-16-26(28(37)35(29)19-29)32-27(36)21-6-8-24(9-7-21)34-12-4-5-25(34)18-33-10-2-3-11-33/h6-9,13-16,25,31H,2-5,10-12,18-19H2,1H3,(H,32,36)/t25-,29?,35?/m0/s1. The average molecular weight is 497 g/mol. The zero-order valence-electron chi connectivity index (χ0n) is 21.2. The number of hydrogen-bond acceptors (Lipinski definition) is 6. The number of nitriles is 1. The third-order valence-electron chi connectivity index (χ3n) is 8.24. The predicted molar refractivity (Wildman–Crippen MR) is 142 cm³/mol. The van der Waals surface area contributed by atoms with Gasteiger partial charge in [-0.1, -0.05) is 0 Å². The lowest BCUT2D eigenvalue weighted by Crippen LogP contribution is -2.39. The van der Waals surface area contributed by atoms with E-state index in [0.717, 1.165) is 30.0 Å². The number of nitrogens with zero attached hydrogens (tertiary/aromatic N) is 4. The Morgan fingerprint density at radius 3 is 2.62 bits per heavy atom. The van der Waals surface area contributed by atoms with E-state index in [4.69, 9.17) is 0 Å². The van der Waals surface area contributed by atoms with E-state index in [-0.39, 0.29) is 11.8 Å². The van der Waals surface area contributed by atoms with Crippen molar-refractivity contribution >= 4 is 23.2 Å². The van der Waals surface area contributed by atoms with Gasteiger partial charge in [0.2, 0.25) is 0 Å². The fraction of sp³-hybridized carbons (Fsp3) is 0.414. The summed E-state index contributed by atoms with van der Waals surface area (Å²) >= 11 is 0. The number of benzene rings is 2. The molecule has 0 radical (unpaired) electrons. The van der Waals surface area contributed by atoms with Crippen LogP contribution >= 0.6 is 0 Å². The number of carbonyl (C=O) groups excluding carboxylic acids is 2. The van der Waals surface area contributed by atoms with Crippen molar-refractivity contribution in [2.24, 2.45) is 0 Å². The Hall–Kier alpha value is -3.83. The Morgan fingerprint density at radius 1 is 1.11 bits per heavy atom. The maximum atomic E-state index is 13.0. The zero-order chi connectivity index (χ0) is 25.6. The Labute approximate surface area is 217 Å². The summed E-state index contributed by atoms with van der Waals surface area (Å²) in [5.74, 6) is -0.485. The molecule has 8 nitrogen and oxygen atoms in total. The van der Waals surface area contributed by atoms with Crippen LogP contribution in [0.4, 0.5) is 11.4 Å². The molecule has 0 spiro atoms. The summed E-state index contributed by atoms with van der Waals surface area (Å²) in [7, 11) is 1.80. The van der Waals surface area contributed by atoms with Crippen molar-refractivity contribution in [1.29, 1.82) is 5.26 Å². The van der Waals surface area contributed by atoms with E-state index in [0.29, 0.717) is 29.4 Å². The molecule has 0 aliphatic carbocycles. The van der Waals surface area contributed by atoms with Crippen LogP contribution in [0.1, 0.15) is 47.2 Å². The number of anilines is 2. The normalized spacial score (nSPS) is 24.6. The lowest BCUT2D eigenvalue weighted by molar-refractivity contribution is -0.122. The van der Waals surface area contributed by atoms with Crippen molar-refractivity contribution in [2.75, 3.05) is 50.0 Å². The molecule has 0 aromatic heterocycles. The van der Waals surface area contributed by atoms with Gasteiger partial charge in [0.1, 0.15) is 11.2 Å². The largest absolute Gasteiger partial charge is 0.388 e. The fourth-order valence-electron chi connectivity index (χ4n) is 6.16. The number of nitrogens with one attached hydrogen (secondary N) is 2. The first-order valence-corrected chi connectivity index (χ1v) is 13.2. The van der Waals surface area contributed by atoms with Gasteiger partial charge in [0.05, 0.1) is 18.2 Å². The molecule has 37 heavy (non-hydrogen) atoms. The van der Waals surface area contributed by atoms with Crippen LogP contribution in [0, 0.1) is 11.3 Å². The van der Waals surface area contributed by atoms with Gasteiger partial charge >= 0.3 is 0 Å². The molecule has 2 amide bonds. The first kappa shape index (κ1) is 23.6. The predicted octanol–water partition coefficient (Wildman–Crippen LogP) is 3.03. The molecule has 4 aliphatic rings. The first-order valence-electron chi connectivity index (χ1n) is 13.2. The highest BCUT2D eigenvalue weighted by molar-refractivity contribution is 6.06. The molecule has 2 aromatic carbocycles. The van der Waals surface area contributed by atoms with Gasteiger partial charge in [-0.05, 0) is 92.9 Å².